The van der Waals surface area contributed by atoms with Gasteiger partial charge in [0.25, 0.3) is 0 Å². The van der Waals surface area contributed by atoms with Gasteiger partial charge in [-0.15, -0.1) is 12.8 Å². The van der Waals surface area contributed by atoms with Crippen LogP contribution in [0.4, 0.5) is 0 Å². The summed E-state index contributed by atoms with van der Waals surface area (Å²) in [7, 11) is 0. The van der Waals surface area contributed by atoms with Gasteiger partial charge in [-0.3, -0.25) is 0 Å². The van der Waals surface area contributed by atoms with Gasteiger partial charge in [0, 0.05) is 0 Å². The Morgan fingerprint density at radius 3 is 1.57 bits per heavy atom. The minimum atomic E-state index is 0.833. The molecule has 1 rings (SSSR count). The molecule has 0 unspecified atom stereocenters. The van der Waals surface area contributed by atoms with Crippen molar-refractivity contribution < 1.29 is 0 Å². The third kappa shape index (κ3) is 13.4. The molecular formula is C14H22. The summed E-state index contributed by atoms with van der Waals surface area (Å²) in [5.74, 6) is 0.833. The van der Waals surface area contributed by atoms with Crippen LogP contribution in [-0.4, -0.2) is 0 Å². The molecule has 0 saturated carbocycles. The van der Waals surface area contributed by atoms with Crippen LogP contribution in [0.2, 0.25) is 0 Å². The monoisotopic (exact) mass is 190 g/mol. The zero-order chi connectivity index (χ0) is 11.4. The molecule has 0 aliphatic rings. The second-order valence-electron chi connectivity index (χ2n) is 3.57. The zero-order valence-corrected chi connectivity index (χ0v) is 9.83. The zero-order valence-electron chi connectivity index (χ0n) is 9.83. The van der Waals surface area contributed by atoms with E-state index in [4.69, 9.17) is 0 Å². The molecule has 0 spiro atoms. The molecule has 1 aromatic carbocycles. The Balaban J connectivity index is 0. The van der Waals surface area contributed by atoms with E-state index in [-0.39, 0.29) is 0 Å². The highest BCUT2D eigenvalue weighted by Crippen LogP contribution is 1.96. The summed E-state index contributed by atoms with van der Waals surface area (Å²) in [4.78, 5) is 0. The van der Waals surface area contributed by atoms with Gasteiger partial charge in [-0.05, 0) is 17.9 Å². The van der Waals surface area contributed by atoms with E-state index >= 15 is 0 Å². The summed E-state index contributed by atoms with van der Waals surface area (Å²) in [6.07, 6.45) is 9.14. The lowest BCUT2D eigenvalue weighted by Crippen LogP contribution is -1.73. The van der Waals surface area contributed by atoms with E-state index in [1.807, 2.05) is 6.07 Å². The predicted octanol–water partition coefficient (Wildman–Crippen LogP) is 4.16. The van der Waals surface area contributed by atoms with Crippen molar-refractivity contribution in [3.05, 3.63) is 35.9 Å². The van der Waals surface area contributed by atoms with Crippen molar-refractivity contribution in [3.63, 3.8) is 0 Å². The van der Waals surface area contributed by atoms with Crippen LogP contribution in [0.5, 0.6) is 0 Å². The van der Waals surface area contributed by atoms with Crippen LogP contribution in [0.1, 0.15) is 33.3 Å². The van der Waals surface area contributed by atoms with E-state index in [1.54, 1.807) is 0 Å². The van der Waals surface area contributed by atoms with Crippen molar-refractivity contribution in [2.45, 2.75) is 34.1 Å². The lowest BCUT2D eigenvalue weighted by Gasteiger charge is -1.89. The van der Waals surface area contributed by atoms with Gasteiger partial charge in [0.15, 0.2) is 0 Å². The fourth-order valence-electron chi connectivity index (χ4n) is 0.714. The van der Waals surface area contributed by atoms with Gasteiger partial charge in [0.1, 0.15) is 0 Å². The largest absolute Gasteiger partial charge is 0.124 e. The van der Waals surface area contributed by atoms with Crippen LogP contribution in [0.25, 0.3) is 0 Å². The molecule has 1 aromatic rings. The second kappa shape index (κ2) is 11.8. The fraction of sp³-hybridized carbons (Fsp3) is 0.429. The lowest BCUT2D eigenvalue weighted by atomic mass is 10.2. The van der Waals surface area contributed by atoms with E-state index in [0.29, 0.717) is 0 Å². The van der Waals surface area contributed by atoms with Crippen LogP contribution in [-0.2, 0) is 6.42 Å². The summed E-state index contributed by atoms with van der Waals surface area (Å²) < 4.78 is 0. The third-order valence-corrected chi connectivity index (χ3v) is 1.25. The van der Waals surface area contributed by atoms with Gasteiger partial charge in [-0.25, -0.2) is 0 Å². The first-order valence-corrected chi connectivity index (χ1v) is 5.04. The molecule has 0 aliphatic carbocycles. The smallest absolute Gasteiger partial charge is 0.0307 e. The average molecular weight is 190 g/mol. The first-order valence-electron chi connectivity index (χ1n) is 5.04. The van der Waals surface area contributed by atoms with Crippen LogP contribution in [0, 0.1) is 18.8 Å². The van der Waals surface area contributed by atoms with Crippen molar-refractivity contribution in [1.82, 2.24) is 0 Å². The minimum absolute atomic E-state index is 0.833. The first kappa shape index (κ1) is 15.3. The van der Waals surface area contributed by atoms with Crippen molar-refractivity contribution >= 4 is 0 Å². The second-order valence-corrected chi connectivity index (χ2v) is 3.57. The van der Waals surface area contributed by atoms with Gasteiger partial charge >= 0.3 is 0 Å². The molecule has 78 valence electrons. The van der Waals surface area contributed by atoms with E-state index < -0.39 is 0 Å². The van der Waals surface area contributed by atoms with Gasteiger partial charge in [0.2, 0.25) is 0 Å². The quantitative estimate of drug-likeness (QED) is 0.583. The molecule has 0 radical (unpaired) electrons. The maximum atomic E-state index is 4.00. The Labute approximate surface area is 89.4 Å². The molecule has 0 heterocycles. The van der Waals surface area contributed by atoms with Gasteiger partial charge in [-0.2, -0.15) is 0 Å². The summed E-state index contributed by atoms with van der Waals surface area (Å²) in [5, 5.41) is 0. The molecule has 14 heavy (non-hydrogen) atoms. The topological polar surface area (TPSA) is 0 Å². The summed E-state index contributed by atoms with van der Waals surface area (Å²) in [6.45, 7) is 8.66. The van der Waals surface area contributed by atoms with Crippen LogP contribution in [0.3, 0.4) is 0 Å². The van der Waals surface area contributed by atoms with Gasteiger partial charge in [0.05, 0.1) is 0 Å². The molecule has 0 aromatic heterocycles. The summed E-state index contributed by atoms with van der Waals surface area (Å²) in [5.41, 5.74) is 1.41. The minimum Gasteiger partial charge on any atom is -0.124 e. The Morgan fingerprint density at radius 1 is 1.00 bits per heavy atom. The SMILES string of the molecule is C#C.CC(C)C.CCc1ccccc1. The highest BCUT2D eigenvalue weighted by atomic mass is 13.9. The average Bonchev–Trinajstić information content (AvgIpc) is 2.21. The standard InChI is InChI=1S/C8H10.C4H10.C2H2/c1-2-8-6-4-3-5-7-8;1-4(2)3;1-2/h3-7H,2H2,1H3;4H,1-3H3;1-2H. The molecule has 0 heteroatoms. The summed E-state index contributed by atoms with van der Waals surface area (Å²) >= 11 is 0. The number of rotatable bonds is 1. The van der Waals surface area contributed by atoms with Gasteiger partial charge < -0.3 is 0 Å². The van der Waals surface area contributed by atoms with Crippen molar-refractivity contribution in [2.24, 2.45) is 5.92 Å². The van der Waals surface area contributed by atoms with Gasteiger partial charge in [-0.1, -0.05) is 58.0 Å². The normalized spacial score (nSPS) is 7.93. The molecular weight excluding hydrogens is 168 g/mol. The fourth-order valence-corrected chi connectivity index (χ4v) is 0.714. The Morgan fingerprint density at radius 2 is 1.36 bits per heavy atom. The number of benzene rings is 1. The van der Waals surface area contributed by atoms with Crippen molar-refractivity contribution in [3.8, 4) is 12.8 Å². The van der Waals surface area contributed by atoms with Crippen molar-refractivity contribution in [2.75, 3.05) is 0 Å². The van der Waals surface area contributed by atoms with Crippen LogP contribution >= 0.6 is 0 Å². The molecule has 0 nitrogen and oxygen atoms in total. The summed E-state index contributed by atoms with van der Waals surface area (Å²) in [6, 6.07) is 10.5. The van der Waals surface area contributed by atoms with Crippen LogP contribution in [0.15, 0.2) is 30.3 Å². The lowest BCUT2D eigenvalue weighted by molar-refractivity contribution is 0.737. The molecule has 0 fully saturated rings. The maximum Gasteiger partial charge on any atom is -0.0307 e. The van der Waals surface area contributed by atoms with E-state index in [2.05, 4.69) is 64.8 Å². The van der Waals surface area contributed by atoms with Crippen LogP contribution < -0.4 is 0 Å². The highest BCUT2D eigenvalue weighted by molar-refractivity contribution is 5.13. The van der Waals surface area contributed by atoms with E-state index in [0.717, 1.165) is 12.3 Å². The molecule has 0 aliphatic heterocycles. The predicted molar refractivity (Wildman–Crippen MR) is 66.2 cm³/mol. The third-order valence-electron chi connectivity index (χ3n) is 1.25. The van der Waals surface area contributed by atoms with Crippen molar-refractivity contribution in [1.29, 1.82) is 0 Å². The Bertz CT molecular complexity index is 203. The molecule has 0 N–H and O–H groups in total. The number of terminal acetylenes is 1. The Kier molecular flexibility index (Phi) is 12.8. The number of hydrogen-bond donors (Lipinski definition) is 0. The Hall–Kier alpha value is -1.22. The molecule has 0 saturated heterocycles. The highest BCUT2D eigenvalue weighted by Gasteiger charge is 1.79. The van der Waals surface area contributed by atoms with E-state index in [1.165, 1.54) is 5.56 Å². The molecule has 0 bridgehead atoms. The van der Waals surface area contributed by atoms with E-state index in [9.17, 15) is 0 Å². The number of aryl methyl sites for hydroxylation is 1. The first-order chi connectivity index (χ1) is 6.66. The number of hydrogen-bond acceptors (Lipinski definition) is 0. The molecule has 0 atom stereocenters. The maximum absolute atomic E-state index is 4.00. The molecule has 0 amide bonds.